The molecule has 0 bridgehead atoms. The van der Waals surface area contributed by atoms with E-state index in [9.17, 15) is 4.79 Å². The molecule has 9 nitrogen and oxygen atoms in total. The number of morpholine rings is 1. The summed E-state index contributed by atoms with van der Waals surface area (Å²) in [5, 5.41) is 3.11. The van der Waals surface area contributed by atoms with Crippen molar-refractivity contribution in [2.75, 3.05) is 30.0 Å². The van der Waals surface area contributed by atoms with Crippen molar-refractivity contribution in [3.63, 3.8) is 0 Å². The number of benzene rings is 1. The SMILES string of the molecule is CC1COCCN1c1nc(-c2ccc(Nc3nccc(=O)[nH]3)cc2)nc2c1CCC1(CC1)O2. The minimum absolute atomic E-state index is 0.0140. The third kappa shape index (κ3) is 3.93. The lowest BCUT2D eigenvalue weighted by atomic mass is 10.0. The zero-order valence-electron chi connectivity index (χ0n) is 18.5. The van der Waals surface area contributed by atoms with E-state index in [-0.39, 0.29) is 17.2 Å². The van der Waals surface area contributed by atoms with Gasteiger partial charge in [-0.1, -0.05) is 0 Å². The lowest BCUT2D eigenvalue weighted by Gasteiger charge is -2.37. The minimum atomic E-state index is -0.204. The zero-order valence-corrected chi connectivity index (χ0v) is 18.5. The molecule has 1 unspecified atom stereocenters. The van der Waals surface area contributed by atoms with Gasteiger partial charge in [-0.3, -0.25) is 9.78 Å². The standard InChI is InChI=1S/C24H26N6O3/c1-15-14-32-13-12-30(15)21-18-6-8-24(9-10-24)33-22(18)29-20(28-21)16-2-4-17(5-3-16)26-23-25-11-7-19(31)27-23/h2-5,7,11,15H,6,8-10,12-14H2,1H3,(H2,25,26,27,31). The average molecular weight is 447 g/mol. The van der Waals surface area contributed by atoms with E-state index in [0.29, 0.717) is 25.0 Å². The van der Waals surface area contributed by atoms with Gasteiger partial charge in [0, 0.05) is 30.1 Å². The Kier molecular flexibility index (Phi) is 4.79. The Morgan fingerprint density at radius 3 is 2.76 bits per heavy atom. The Hall–Kier alpha value is -3.46. The van der Waals surface area contributed by atoms with Gasteiger partial charge in [-0.05, 0) is 56.9 Å². The first-order valence-electron chi connectivity index (χ1n) is 11.5. The van der Waals surface area contributed by atoms with Gasteiger partial charge in [0.25, 0.3) is 5.56 Å². The van der Waals surface area contributed by atoms with Crippen LogP contribution in [0.15, 0.2) is 41.3 Å². The van der Waals surface area contributed by atoms with Gasteiger partial charge in [0.2, 0.25) is 11.8 Å². The molecule has 4 heterocycles. The number of hydrogen-bond acceptors (Lipinski definition) is 8. The predicted octanol–water partition coefficient (Wildman–Crippen LogP) is 3.05. The normalized spacial score (nSPS) is 20.8. The molecular formula is C24H26N6O3. The number of aromatic amines is 1. The topological polar surface area (TPSA) is 105 Å². The van der Waals surface area contributed by atoms with Crippen molar-refractivity contribution in [1.82, 2.24) is 19.9 Å². The Morgan fingerprint density at radius 2 is 2.00 bits per heavy atom. The Labute approximate surface area is 191 Å². The first kappa shape index (κ1) is 20.2. The van der Waals surface area contributed by atoms with Gasteiger partial charge in [0.05, 0.1) is 24.8 Å². The van der Waals surface area contributed by atoms with Crippen LogP contribution >= 0.6 is 0 Å². The van der Waals surface area contributed by atoms with E-state index in [4.69, 9.17) is 19.4 Å². The zero-order chi connectivity index (χ0) is 22.4. The molecule has 1 saturated carbocycles. The summed E-state index contributed by atoms with van der Waals surface area (Å²) in [7, 11) is 0. The van der Waals surface area contributed by atoms with Crippen LogP contribution in [0.5, 0.6) is 5.88 Å². The molecule has 2 fully saturated rings. The number of hydrogen-bond donors (Lipinski definition) is 2. The molecule has 2 aliphatic heterocycles. The Balaban J connectivity index is 1.34. The van der Waals surface area contributed by atoms with Crippen LogP contribution in [0.25, 0.3) is 11.4 Å². The van der Waals surface area contributed by atoms with E-state index < -0.39 is 0 Å². The Morgan fingerprint density at radius 1 is 1.15 bits per heavy atom. The van der Waals surface area contributed by atoms with E-state index in [0.717, 1.165) is 60.7 Å². The molecule has 1 aliphatic carbocycles. The number of anilines is 3. The highest BCUT2D eigenvalue weighted by Gasteiger charge is 2.49. The van der Waals surface area contributed by atoms with Crippen LogP contribution in [-0.4, -0.2) is 51.3 Å². The van der Waals surface area contributed by atoms with Crippen LogP contribution in [0.3, 0.4) is 0 Å². The van der Waals surface area contributed by atoms with Gasteiger partial charge in [-0.2, -0.15) is 4.98 Å². The van der Waals surface area contributed by atoms with E-state index >= 15 is 0 Å². The maximum absolute atomic E-state index is 11.5. The van der Waals surface area contributed by atoms with E-state index in [1.54, 1.807) is 0 Å². The van der Waals surface area contributed by atoms with Gasteiger partial charge in [0.15, 0.2) is 5.82 Å². The van der Waals surface area contributed by atoms with Gasteiger partial charge < -0.3 is 19.7 Å². The summed E-state index contributed by atoms with van der Waals surface area (Å²) in [4.78, 5) is 30.5. The fourth-order valence-corrected chi connectivity index (χ4v) is 4.54. The number of aromatic nitrogens is 4. The summed E-state index contributed by atoms with van der Waals surface area (Å²) in [6, 6.07) is 9.40. The lowest BCUT2D eigenvalue weighted by molar-refractivity contribution is 0.0978. The molecule has 2 N–H and O–H groups in total. The molecular weight excluding hydrogens is 420 g/mol. The third-order valence-corrected chi connectivity index (χ3v) is 6.62. The summed E-state index contributed by atoms with van der Waals surface area (Å²) in [5.74, 6) is 2.74. The van der Waals surface area contributed by atoms with Gasteiger partial charge in [-0.15, -0.1) is 0 Å². The van der Waals surface area contributed by atoms with Crippen molar-refractivity contribution in [2.45, 2.75) is 44.2 Å². The van der Waals surface area contributed by atoms with Crippen LogP contribution in [0.4, 0.5) is 17.5 Å². The molecule has 1 spiro atoms. The summed E-state index contributed by atoms with van der Waals surface area (Å²) in [6.07, 6.45) is 5.65. The molecule has 6 rings (SSSR count). The molecule has 33 heavy (non-hydrogen) atoms. The molecule has 2 aromatic heterocycles. The van der Waals surface area contributed by atoms with E-state index in [1.165, 1.54) is 12.3 Å². The Bertz CT molecular complexity index is 1240. The van der Waals surface area contributed by atoms with Crippen molar-refractivity contribution in [3.8, 4) is 17.3 Å². The van der Waals surface area contributed by atoms with Gasteiger partial charge >= 0.3 is 0 Å². The summed E-state index contributed by atoms with van der Waals surface area (Å²) in [6.45, 7) is 4.36. The van der Waals surface area contributed by atoms with Crippen molar-refractivity contribution in [3.05, 3.63) is 52.4 Å². The highest BCUT2D eigenvalue weighted by molar-refractivity contribution is 5.66. The minimum Gasteiger partial charge on any atom is -0.471 e. The first-order chi connectivity index (χ1) is 16.1. The van der Waals surface area contributed by atoms with Gasteiger partial charge in [0.1, 0.15) is 11.4 Å². The second-order valence-corrected chi connectivity index (χ2v) is 9.04. The van der Waals surface area contributed by atoms with E-state index in [2.05, 4.69) is 27.1 Å². The smallest absolute Gasteiger partial charge is 0.252 e. The number of H-pyrrole nitrogens is 1. The van der Waals surface area contributed by atoms with Crippen LogP contribution in [0, 0.1) is 0 Å². The third-order valence-electron chi connectivity index (χ3n) is 6.62. The van der Waals surface area contributed by atoms with Crippen molar-refractivity contribution >= 4 is 17.5 Å². The number of nitrogens with zero attached hydrogens (tertiary/aromatic N) is 4. The highest BCUT2D eigenvalue weighted by Crippen LogP contribution is 2.49. The van der Waals surface area contributed by atoms with Crippen LogP contribution < -0.4 is 20.5 Å². The van der Waals surface area contributed by atoms with Crippen molar-refractivity contribution in [2.24, 2.45) is 0 Å². The highest BCUT2D eigenvalue weighted by atomic mass is 16.5. The second-order valence-electron chi connectivity index (χ2n) is 9.04. The first-order valence-corrected chi connectivity index (χ1v) is 11.5. The van der Waals surface area contributed by atoms with Crippen LogP contribution in [0.2, 0.25) is 0 Å². The van der Waals surface area contributed by atoms with Gasteiger partial charge in [-0.25, -0.2) is 9.97 Å². The van der Waals surface area contributed by atoms with E-state index in [1.807, 2.05) is 24.3 Å². The monoisotopic (exact) mass is 446 g/mol. The second kappa shape index (κ2) is 7.84. The molecule has 3 aliphatic rings. The molecule has 0 amide bonds. The summed E-state index contributed by atoms with van der Waals surface area (Å²) in [5.41, 5.74) is 2.60. The quantitative estimate of drug-likeness (QED) is 0.630. The molecule has 1 atom stereocenters. The number of fused-ring (bicyclic) bond motifs is 1. The summed E-state index contributed by atoms with van der Waals surface area (Å²) < 4.78 is 12.1. The molecule has 0 radical (unpaired) electrons. The lowest BCUT2D eigenvalue weighted by Crippen LogP contribution is -2.45. The van der Waals surface area contributed by atoms with Crippen molar-refractivity contribution < 1.29 is 9.47 Å². The van der Waals surface area contributed by atoms with Crippen molar-refractivity contribution in [1.29, 1.82) is 0 Å². The maximum Gasteiger partial charge on any atom is 0.252 e. The average Bonchev–Trinajstić information content (AvgIpc) is 3.57. The fraction of sp³-hybridized carbons (Fsp3) is 0.417. The maximum atomic E-state index is 11.5. The largest absolute Gasteiger partial charge is 0.471 e. The molecule has 3 aromatic rings. The predicted molar refractivity (Wildman–Crippen MR) is 124 cm³/mol. The number of ether oxygens (including phenoxy) is 2. The van der Waals surface area contributed by atoms with Crippen LogP contribution in [-0.2, 0) is 11.2 Å². The molecule has 1 aromatic carbocycles. The number of rotatable bonds is 4. The molecule has 170 valence electrons. The number of nitrogens with one attached hydrogen (secondary N) is 2. The molecule has 9 heteroatoms. The molecule has 1 saturated heterocycles. The summed E-state index contributed by atoms with van der Waals surface area (Å²) >= 11 is 0. The fourth-order valence-electron chi connectivity index (χ4n) is 4.54. The van der Waals surface area contributed by atoms with Crippen LogP contribution in [0.1, 0.15) is 31.7 Å².